The second-order valence-corrected chi connectivity index (χ2v) is 5.57. The Balaban J connectivity index is 1.50. The standard InChI is InChI=1S/C10H19NS/c1-12-10(5-6-10)8-11-7-4-9-2-3-9/h9,11H,2-8H2,1H3. The van der Waals surface area contributed by atoms with Crippen LogP contribution in [-0.4, -0.2) is 24.1 Å². The van der Waals surface area contributed by atoms with Crippen LogP contribution in [-0.2, 0) is 0 Å². The Kier molecular flexibility index (Phi) is 2.66. The lowest BCUT2D eigenvalue weighted by molar-refractivity contribution is 0.601. The molecule has 2 aliphatic rings. The maximum atomic E-state index is 3.59. The summed E-state index contributed by atoms with van der Waals surface area (Å²) >= 11 is 2.05. The predicted octanol–water partition coefficient (Wildman–Crippen LogP) is 2.27. The maximum Gasteiger partial charge on any atom is 0.0282 e. The van der Waals surface area contributed by atoms with Gasteiger partial charge in [-0.25, -0.2) is 0 Å². The van der Waals surface area contributed by atoms with Gasteiger partial charge in [0.05, 0.1) is 0 Å². The van der Waals surface area contributed by atoms with Gasteiger partial charge in [0.25, 0.3) is 0 Å². The highest BCUT2D eigenvalue weighted by molar-refractivity contribution is 8.00. The number of rotatable bonds is 6. The molecule has 0 radical (unpaired) electrons. The first-order chi connectivity index (χ1) is 5.85. The molecule has 0 aromatic carbocycles. The van der Waals surface area contributed by atoms with E-state index in [0.717, 1.165) is 5.92 Å². The molecule has 2 saturated carbocycles. The third-order valence-electron chi connectivity index (χ3n) is 3.11. The molecular formula is C10H19NS. The van der Waals surface area contributed by atoms with E-state index in [2.05, 4.69) is 23.3 Å². The molecule has 2 rings (SSSR count). The fourth-order valence-electron chi connectivity index (χ4n) is 1.62. The van der Waals surface area contributed by atoms with Gasteiger partial charge >= 0.3 is 0 Å². The lowest BCUT2D eigenvalue weighted by Gasteiger charge is -2.12. The highest BCUT2D eigenvalue weighted by atomic mass is 32.2. The highest BCUT2D eigenvalue weighted by Gasteiger charge is 2.41. The smallest absolute Gasteiger partial charge is 0.0282 e. The Hall–Kier alpha value is 0.310. The molecule has 0 aliphatic heterocycles. The fourth-order valence-corrected chi connectivity index (χ4v) is 2.38. The summed E-state index contributed by atoms with van der Waals surface area (Å²) in [6.07, 6.45) is 9.53. The van der Waals surface area contributed by atoms with Gasteiger partial charge < -0.3 is 5.32 Å². The molecule has 0 aromatic heterocycles. The van der Waals surface area contributed by atoms with Crippen LogP contribution in [0.5, 0.6) is 0 Å². The van der Waals surface area contributed by atoms with Crippen LogP contribution in [0.3, 0.4) is 0 Å². The molecule has 2 aliphatic carbocycles. The molecule has 0 aromatic rings. The van der Waals surface area contributed by atoms with E-state index in [9.17, 15) is 0 Å². The number of hydrogen-bond acceptors (Lipinski definition) is 2. The first kappa shape index (κ1) is 8.89. The molecule has 1 nitrogen and oxygen atoms in total. The van der Waals surface area contributed by atoms with Gasteiger partial charge in [-0.3, -0.25) is 0 Å². The van der Waals surface area contributed by atoms with Crippen molar-refractivity contribution in [1.29, 1.82) is 0 Å². The minimum atomic E-state index is 0.656. The molecule has 1 N–H and O–H groups in total. The fraction of sp³-hybridized carbons (Fsp3) is 1.00. The molecule has 0 spiro atoms. The summed E-state index contributed by atoms with van der Waals surface area (Å²) in [6, 6.07) is 0. The monoisotopic (exact) mass is 185 g/mol. The van der Waals surface area contributed by atoms with Crippen molar-refractivity contribution in [2.45, 2.75) is 36.9 Å². The summed E-state index contributed by atoms with van der Waals surface area (Å²) in [5.74, 6) is 1.09. The van der Waals surface area contributed by atoms with Crippen LogP contribution in [0, 0.1) is 5.92 Å². The van der Waals surface area contributed by atoms with Gasteiger partial charge in [0.2, 0.25) is 0 Å². The van der Waals surface area contributed by atoms with Crippen LogP contribution in [0.1, 0.15) is 32.1 Å². The van der Waals surface area contributed by atoms with E-state index >= 15 is 0 Å². The molecule has 2 heteroatoms. The molecule has 0 bridgehead atoms. The Labute approximate surface area is 79.7 Å². The van der Waals surface area contributed by atoms with Crippen LogP contribution < -0.4 is 5.32 Å². The molecule has 2 fully saturated rings. The number of hydrogen-bond donors (Lipinski definition) is 1. The van der Waals surface area contributed by atoms with Crippen LogP contribution in [0.15, 0.2) is 0 Å². The summed E-state index contributed by atoms with van der Waals surface area (Å²) in [4.78, 5) is 0. The summed E-state index contributed by atoms with van der Waals surface area (Å²) in [5, 5.41) is 3.59. The average Bonchev–Trinajstić information content (AvgIpc) is 2.96. The van der Waals surface area contributed by atoms with Crippen molar-refractivity contribution in [2.24, 2.45) is 5.92 Å². The zero-order chi connectivity index (χ0) is 8.44. The molecule has 0 amide bonds. The van der Waals surface area contributed by atoms with Crippen LogP contribution >= 0.6 is 11.8 Å². The van der Waals surface area contributed by atoms with Crippen molar-refractivity contribution < 1.29 is 0 Å². The van der Waals surface area contributed by atoms with E-state index in [4.69, 9.17) is 0 Å². The second kappa shape index (κ2) is 3.59. The summed E-state index contributed by atoms with van der Waals surface area (Å²) in [7, 11) is 0. The first-order valence-electron chi connectivity index (χ1n) is 5.10. The Morgan fingerprint density at radius 1 is 1.42 bits per heavy atom. The number of nitrogens with one attached hydrogen (secondary N) is 1. The van der Waals surface area contributed by atoms with Gasteiger partial charge in [-0.2, -0.15) is 11.8 Å². The van der Waals surface area contributed by atoms with Crippen molar-refractivity contribution in [3.63, 3.8) is 0 Å². The summed E-state index contributed by atoms with van der Waals surface area (Å²) in [5.41, 5.74) is 0. The van der Waals surface area contributed by atoms with Crippen molar-refractivity contribution >= 4 is 11.8 Å². The third kappa shape index (κ3) is 2.40. The Morgan fingerprint density at radius 3 is 2.67 bits per heavy atom. The van der Waals surface area contributed by atoms with Gasteiger partial charge in [-0.05, 0) is 38.0 Å². The Bertz CT molecular complexity index is 150. The maximum absolute atomic E-state index is 3.59. The van der Waals surface area contributed by atoms with E-state index in [0.29, 0.717) is 4.75 Å². The first-order valence-corrected chi connectivity index (χ1v) is 6.33. The lowest BCUT2D eigenvalue weighted by Crippen LogP contribution is -2.26. The van der Waals surface area contributed by atoms with E-state index in [-0.39, 0.29) is 0 Å². The normalized spacial score (nSPS) is 25.8. The SMILES string of the molecule is CSC1(CNCCC2CC2)CC1. The van der Waals surface area contributed by atoms with Gasteiger partial charge in [0.1, 0.15) is 0 Å². The average molecular weight is 185 g/mol. The highest BCUT2D eigenvalue weighted by Crippen LogP contribution is 2.46. The van der Waals surface area contributed by atoms with Gasteiger partial charge in [-0.15, -0.1) is 0 Å². The summed E-state index contributed by atoms with van der Waals surface area (Å²) < 4.78 is 0.656. The second-order valence-electron chi connectivity index (χ2n) is 4.30. The van der Waals surface area contributed by atoms with Crippen LogP contribution in [0.2, 0.25) is 0 Å². The van der Waals surface area contributed by atoms with E-state index in [1.807, 2.05) is 0 Å². The van der Waals surface area contributed by atoms with Crippen molar-refractivity contribution in [3.05, 3.63) is 0 Å². The van der Waals surface area contributed by atoms with Crippen LogP contribution in [0.4, 0.5) is 0 Å². The molecule has 12 heavy (non-hydrogen) atoms. The van der Waals surface area contributed by atoms with Gasteiger partial charge in [0.15, 0.2) is 0 Å². The minimum absolute atomic E-state index is 0.656. The van der Waals surface area contributed by atoms with Crippen molar-refractivity contribution in [1.82, 2.24) is 5.32 Å². The quantitative estimate of drug-likeness (QED) is 0.637. The Morgan fingerprint density at radius 2 is 2.17 bits per heavy atom. The molecular weight excluding hydrogens is 166 g/mol. The number of thioether (sulfide) groups is 1. The largest absolute Gasteiger partial charge is 0.315 e. The molecule has 0 atom stereocenters. The zero-order valence-electron chi connectivity index (χ0n) is 7.94. The van der Waals surface area contributed by atoms with Gasteiger partial charge in [-0.1, -0.05) is 12.8 Å². The van der Waals surface area contributed by atoms with Crippen LogP contribution in [0.25, 0.3) is 0 Å². The van der Waals surface area contributed by atoms with E-state index in [1.54, 1.807) is 0 Å². The van der Waals surface area contributed by atoms with E-state index < -0.39 is 0 Å². The molecule has 0 saturated heterocycles. The predicted molar refractivity (Wildman–Crippen MR) is 55.7 cm³/mol. The lowest BCUT2D eigenvalue weighted by atomic mass is 10.3. The van der Waals surface area contributed by atoms with Crippen molar-refractivity contribution in [2.75, 3.05) is 19.3 Å². The van der Waals surface area contributed by atoms with Crippen molar-refractivity contribution in [3.8, 4) is 0 Å². The van der Waals surface area contributed by atoms with E-state index in [1.165, 1.54) is 45.2 Å². The molecule has 0 heterocycles. The third-order valence-corrected chi connectivity index (χ3v) is 4.53. The topological polar surface area (TPSA) is 12.0 Å². The molecule has 70 valence electrons. The summed E-state index contributed by atoms with van der Waals surface area (Å²) in [6.45, 7) is 2.51. The van der Waals surface area contributed by atoms with Gasteiger partial charge in [0, 0.05) is 11.3 Å². The molecule has 0 unspecified atom stereocenters. The minimum Gasteiger partial charge on any atom is -0.315 e. The zero-order valence-corrected chi connectivity index (χ0v) is 8.75.